The molecule has 0 fully saturated rings. The molecule has 17 heavy (non-hydrogen) atoms. The Morgan fingerprint density at radius 2 is 1.71 bits per heavy atom. The number of rotatable bonds is 10. The SMILES string of the molecule is COCC(COOI)OPN(C(C)C)C(C)C. The summed E-state index contributed by atoms with van der Waals surface area (Å²) in [4.78, 5) is 4.87. The van der Waals surface area contributed by atoms with Gasteiger partial charge in [0.05, 0.1) is 15.6 Å². The lowest BCUT2D eigenvalue weighted by Crippen LogP contribution is -2.31. The highest BCUT2D eigenvalue weighted by molar-refractivity contribution is 14.1. The van der Waals surface area contributed by atoms with Crippen LogP contribution in [0.4, 0.5) is 0 Å². The van der Waals surface area contributed by atoms with Crippen LogP contribution in [0.15, 0.2) is 0 Å². The highest BCUT2D eigenvalue weighted by Crippen LogP contribution is 2.27. The highest BCUT2D eigenvalue weighted by Gasteiger charge is 2.17. The van der Waals surface area contributed by atoms with Crippen molar-refractivity contribution in [3.05, 3.63) is 0 Å². The van der Waals surface area contributed by atoms with E-state index in [0.29, 0.717) is 34.3 Å². The molecule has 0 bridgehead atoms. The molecule has 0 aromatic rings. The molecule has 0 aliphatic rings. The second-order valence-electron chi connectivity index (χ2n) is 4.23. The van der Waals surface area contributed by atoms with E-state index in [2.05, 4.69) is 35.6 Å². The molecule has 0 aromatic heterocycles. The van der Waals surface area contributed by atoms with Crippen LogP contribution in [-0.4, -0.2) is 43.2 Å². The van der Waals surface area contributed by atoms with E-state index in [4.69, 9.17) is 14.1 Å². The monoisotopic (exact) mass is 379 g/mol. The Hall–Kier alpha value is 0.960. The first kappa shape index (κ1) is 18.0. The van der Waals surface area contributed by atoms with Gasteiger partial charge in [-0.1, -0.05) is 0 Å². The zero-order chi connectivity index (χ0) is 13.3. The van der Waals surface area contributed by atoms with Crippen LogP contribution < -0.4 is 0 Å². The minimum Gasteiger partial charge on any atom is -0.382 e. The molecule has 0 aliphatic carbocycles. The molecule has 0 radical (unpaired) electrons. The molecule has 0 heterocycles. The molecule has 104 valence electrons. The first-order valence-electron chi connectivity index (χ1n) is 5.61. The van der Waals surface area contributed by atoms with Crippen molar-refractivity contribution in [1.82, 2.24) is 4.67 Å². The summed E-state index contributed by atoms with van der Waals surface area (Å²) in [6.45, 7) is 9.50. The van der Waals surface area contributed by atoms with E-state index in [0.717, 1.165) is 0 Å². The van der Waals surface area contributed by atoms with Gasteiger partial charge in [-0.2, -0.15) is 3.22 Å². The van der Waals surface area contributed by atoms with E-state index in [1.807, 2.05) is 0 Å². The second-order valence-corrected chi connectivity index (χ2v) is 5.52. The number of nitrogens with zero attached hydrogens (tertiary/aromatic N) is 1. The van der Waals surface area contributed by atoms with Crippen molar-refractivity contribution in [3.8, 4) is 0 Å². The van der Waals surface area contributed by atoms with Crippen LogP contribution in [0.1, 0.15) is 27.7 Å². The van der Waals surface area contributed by atoms with Crippen molar-refractivity contribution in [3.63, 3.8) is 0 Å². The average molecular weight is 379 g/mol. The Bertz CT molecular complexity index is 178. The lowest BCUT2D eigenvalue weighted by molar-refractivity contribution is -0.187. The molecule has 7 heteroatoms. The van der Waals surface area contributed by atoms with Crippen LogP contribution in [-0.2, 0) is 17.4 Å². The molecule has 0 saturated heterocycles. The third-order valence-corrected chi connectivity index (χ3v) is 4.03. The largest absolute Gasteiger partial charge is 0.382 e. The van der Waals surface area contributed by atoms with Crippen LogP contribution in [0.2, 0.25) is 0 Å². The third kappa shape index (κ3) is 8.64. The summed E-state index contributed by atoms with van der Waals surface area (Å²) in [5, 5.41) is 0. The summed E-state index contributed by atoms with van der Waals surface area (Å²) in [6, 6.07) is 0.913. The smallest absolute Gasteiger partial charge is 0.155 e. The molecule has 5 nitrogen and oxygen atoms in total. The summed E-state index contributed by atoms with van der Waals surface area (Å²) >= 11 is 1.69. The Morgan fingerprint density at radius 1 is 1.12 bits per heavy atom. The molecule has 0 rings (SSSR count). The molecule has 0 N–H and O–H groups in total. The van der Waals surface area contributed by atoms with Gasteiger partial charge in [-0.05, 0) is 27.7 Å². The van der Waals surface area contributed by atoms with Crippen molar-refractivity contribution in [1.29, 1.82) is 0 Å². The maximum absolute atomic E-state index is 5.79. The zero-order valence-electron chi connectivity index (χ0n) is 11.1. The minimum absolute atomic E-state index is 0.104. The topological polar surface area (TPSA) is 40.2 Å². The van der Waals surface area contributed by atoms with E-state index >= 15 is 0 Å². The van der Waals surface area contributed by atoms with Gasteiger partial charge in [0.15, 0.2) is 23.0 Å². The molecule has 0 aromatic carbocycles. The summed E-state index contributed by atoms with van der Waals surface area (Å²) in [7, 11) is 1.95. The van der Waals surface area contributed by atoms with Crippen molar-refractivity contribution in [2.45, 2.75) is 45.9 Å². The normalized spacial score (nSPS) is 14.6. The molecule has 0 spiro atoms. The molecule has 0 saturated carbocycles. The van der Waals surface area contributed by atoms with Gasteiger partial charge in [0, 0.05) is 19.2 Å². The van der Waals surface area contributed by atoms with Crippen molar-refractivity contribution in [2.24, 2.45) is 0 Å². The number of methoxy groups -OCH3 is 1. The van der Waals surface area contributed by atoms with E-state index < -0.39 is 0 Å². The lowest BCUT2D eigenvalue weighted by Gasteiger charge is -2.30. The van der Waals surface area contributed by atoms with Crippen molar-refractivity contribution < 1.29 is 17.4 Å². The molecule has 2 atom stereocenters. The average Bonchev–Trinajstić information content (AvgIpc) is 2.24. The minimum atomic E-state index is -0.104. The predicted octanol–water partition coefficient (Wildman–Crippen LogP) is 2.94. The molecule has 2 unspecified atom stereocenters. The van der Waals surface area contributed by atoms with Gasteiger partial charge in [-0.15, -0.1) is 0 Å². The first-order chi connectivity index (χ1) is 8.02. The summed E-state index contributed by atoms with van der Waals surface area (Å²) in [5.74, 6) is 0. The molecular weight excluding hydrogens is 356 g/mol. The van der Waals surface area contributed by atoms with Crippen LogP contribution in [0, 0.1) is 0 Å². The van der Waals surface area contributed by atoms with E-state index in [1.165, 1.54) is 0 Å². The number of hydrogen-bond acceptors (Lipinski definition) is 5. The van der Waals surface area contributed by atoms with Crippen molar-refractivity contribution >= 4 is 32.0 Å². The standard InChI is InChI=1S/C10H23INO4P/c1-8(2)12(9(3)4)17-15-10(6-13-5)7-14-16-11/h8-10,17H,6-7H2,1-5H3. The molecular formula is C10H23INO4P. The summed E-state index contributed by atoms with van der Waals surface area (Å²) in [5.41, 5.74) is 0. The fourth-order valence-corrected chi connectivity index (χ4v) is 2.32. The Morgan fingerprint density at radius 3 is 2.12 bits per heavy atom. The van der Waals surface area contributed by atoms with E-state index in [-0.39, 0.29) is 6.10 Å². The number of halogens is 1. The highest BCUT2D eigenvalue weighted by atomic mass is 127. The quantitative estimate of drug-likeness (QED) is 0.253. The first-order valence-corrected chi connectivity index (χ1v) is 7.35. The Kier molecular flexibility index (Phi) is 11.5. The predicted molar refractivity (Wildman–Crippen MR) is 78.2 cm³/mol. The van der Waals surface area contributed by atoms with Gasteiger partial charge in [-0.3, -0.25) is 4.67 Å². The van der Waals surface area contributed by atoms with Gasteiger partial charge in [-0.25, -0.2) is 4.89 Å². The number of ether oxygens (including phenoxy) is 1. The van der Waals surface area contributed by atoms with Crippen LogP contribution in [0.25, 0.3) is 0 Å². The Labute approximate surface area is 120 Å². The van der Waals surface area contributed by atoms with Gasteiger partial charge in [0.2, 0.25) is 0 Å². The lowest BCUT2D eigenvalue weighted by atomic mass is 10.3. The summed E-state index contributed by atoms with van der Waals surface area (Å²) < 4.78 is 17.7. The maximum Gasteiger partial charge on any atom is 0.155 e. The summed E-state index contributed by atoms with van der Waals surface area (Å²) in [6.07, 6.45) is -0.104. The van der Waals surface area contributed by atoms with Crippen LogP contribution >= 0.6 is 32.0 Å². The fraction of sp³-hybridized carbons (Fsp3) is 1.00. The third-order valence-electron chi connectivity index (χ3n) is 2.09. The van der Waals surface area contributed by atoms with E-state index in [1.54, 1.807) is 30.1 Å². The number of hydrogen-bond donors (Lipinski definition) is 0. The Balaban J connectivity index is 4.06. The maximum atomic E-state index is 5.79. The van der Waals surface area contributed by atoms with Gasteiger partial charge < -0.3 is 9.26 Å². The van der Waals surface area contributed by atoms with Crippen LogP contribution in [0.5, 0.6) is 0 Å². The second kappa shape index (κ2) is 10.8. The van der Waals surface area contributed by atoms with Gasteiger partial charge in [0.25, 0.3) is 0 Å². The van der Waals surface area contributed by atoms with Crippen molar-refractivity contribution in [2.75, 3.05) is 20.3 Å². The van der Waals surface area contributed by atoms with Crippen LogP contribution in [0.3, 0.4) is 0 Å². The zero-order valence-corrected chi connectivity index (χ0v) is 14.3. The molecule has 0 aliphatic heterocycles. The van der Waals surface area contributed by atoms with Gasteiger partial charge >= 0.3 is 0 Å². The van der Waals surface area contributed by atoms with Gasteiger partial charge in [0.1, 0.15) is 12.7 Å². The fourth-order valence-electron chi connectivity index (χ4n) is 1.35. The van der Waals surface area contributed by atoms with E-state index in [9.17, 15) is 0 Å². The molecule has 0 amide bonds.